The minimum Gasteiger partial charge on any atom is -0.381 e. The molecule has 108 valence electrons. The number of rotatable bonds is 6. The molecule has 0 saturated carbocycles. The summed E-state index contributed by atoms with van der Waals surface area (Å²) < 4.78 is 5.45. The van der Waals surface area contributed by atoms with E-state index < -0.39 is 0 Å². The van der Waals surface area contributed by atoms with Crippen molar-refractivity contribution in [3.8, 4) is 0 Å². The highest BCUT2D eigenvalue weighted by Gasteiger charge is 2.20. The number of nitrogens with one attached hydrogen (secondary N) is 1. The van der Waals surface area contributed by atoms with Crippen molar-refractivity contribution in [2.45, 2.75) is 25.8 Å². The van der Waals surface area contributed by atoms with E-state index in [9.17, 15) is 0 Å². The van der Waals surface area contributed by atoms with Gasteiger partial charge in [0.25, 0.3) is 0 Å². The average molecular weight is 308 g/mol. The zero-order valence-corrected chi connectivity index (χ0v) is 13.3. The molecule has 2 atom stereocenters. The minimum absolute atomic E-state index is 0.327. The molecule has 0 aromatic carbocycles. The third-order valence-electron chi connectivity index (χ3n) is 3.60. The van der Waals surface area contributed by atoms with Gasteiger partial charge in [0.15, 0.2) is 0 Å². The summed E-state index contributed by atoms with van der Waals surface area (Å²) in [4.78, 5) is 6.08. The number of thiazole rings is 1. The van der Waals surface area contributed by atoms with E-state index in [-0.39, 0.29) is 0 Å². The highest BCUT2D eigenvalue weighted by Crippen LogP contribution is 2.25. The van der Waals surface area contributed by atoms with Crippen molar-refractivity contribution in [1.82, 2.24) is 10.3 Å². The lowest BCUT2D eigenvalue weighted by Gasteiger charge is -2.18. The van der Waals surface area contributed by atoms with Crippen molar-refractivity contribution in [3.63, 3.8) is 0 Å². The van der Waals surface area contributed by atoms with Gasteiger partial charge in [0.05, 0.1) is 12.6 Å². The van der Waals surface area contributed by atoms with Crippen LogP contribution in [0, 0.1) is 12.8 Å². The molecule has 3 rings (SSSR count). The SMILES string of the molecule is Cc1csc([C@@H](Cc2cccs2)NC[C@@H]2CCOC2)n1. The molecule has 1 fully saturated rings. The van der Waals surface area contributed by atoms with Gasteiger partial charge in [0.1, 0.15) is 5.01 Å². The van der Waals surface area contributed by atoms with Crippen LogP contribution in [0.15, 0.2) is 22.9 Å². The first-order chi connectivity index (χ1) is 9.81. The Morgan fingerprint density at radius 2 is 2.45 bits per heavy atom. The third-order valence-corrected chi connectivity index (χ3v) is 5.57. The van der Waals surface area contributed by atoms with E-state index in [4.69, 9.17) is 4.74 Å². The summed E-state index contributed by atoms with van der Waals surface area (Å²) in [6, 6.07) is 4.65. The number of aryl methyl sites for hydroxylation is 1. The van der Waals surface area contributed by atoms with Crippen molar-refractivity contribution in [1.29, 1.82) is 0 Å². The van der Waals surface area contributed by atoms with E-state index >= 15 is 0 Å². The number of hydrogen-bond acceptors (Lipinski definition) is 5. The van der Waals surface area contributed by atoms with Crippen LogP contribution in [-0.4, -0.2) is 24.7 Å². The molecule has 20 heavy (non-hydrogen) atoms. The number of thiophene rings is 1. The van der Waals surface area contributed by atoms with E-state index in [2.05, 4.69) is 40.1 Å². The van der Waals surface area contributed by atoms with Crippen LogP contribution in [0.1, 0.15) is 28.0 Å². The molecule has 1 aliphatic heterocycles. The summed E-state index contributed by atoms with van der Waals surface area (Å²) in [6.07, 6.45) is 2.20. The molecule has 0 amide bonds. The largest absolute Gasteiger partial charge is 0.381 e. The first-order valence-electron chi connectivity index (χ1n) is 7.07. The lowest BCUT2D eigenvalue weighted by molar-refractivity contribution is 0.184. The maximum atomic E-state index is 5.45. The van der Waals surface area contributed by atoms with Gasteiger partial charge in [-0.25, -0.2) is 4.98 Å². The Kier molecular flexibility index (Phi) is 4.83. The van der Waals surface area contributed by atoms with Gasteiger partial charge in [0.2, 0.25) is 0 Å². The Morgan fingerprint density at radius 1 is 1.50 bits per heavy atom. The van der Waals surface area contributed by atoms with Crippen molar-refractivity contribution in [3.05, 3.63) is 38.5 Å². The maximum absolute atomic E-state index is 5.45. The van der Waals surface area contributed by atoms with Gasteiger partial charge in [-0.3, -0.25) is 0 Å². The molecule has 1 aliphatic rings. The van der Waals surface area contributed by atoms with Gasteiger partial charge < -0.3 is 10.1 Å². The fourth-order valence-electron chi connectivity index (χ4n) is 2.46. The van der Waals surface area contributed by atoms with E-state index in [1.165, 1.54) is 16.3 Å². The molecule has 0 spiro atoms. The standard InChI is InChI=1S/C15H20N2OS2/c1-11-10-20-15(17-11)14(7-13-3-2-6-19-13)16-8-12-4-5-18-9-12/h2-3,6,10,12,14,16H,4-5,7-9H2,1H3/t12-,14+/m0/s1. The fourth-order valence-corrected chi connectivity index (χ4v) is 4.09. The van der Waals surface area contributed by atoms with Crippen LogP contribution in [0.2, 0.25) is 0 Å². The van der Waals surface area contributed by atoms with Crippen LogP contribution >= 0.6 is 22.7 Å². The second kappa shape index (κ2) is 6.80. The van der Waals surface area contributed by atoms with E-state index in [0.29, 0.717) is 12.0 Å². The predicted molar refractivity (Wildman–Crippen MR) is 84.5 cm³/mol. The highest BCUT2D eigenvalue weighted by atomic mass is 32.1. The second-order valence-electron chi connectivity index (χ2n) is 5.30. The zero-order valence-electron chi connectivity index (χ0n) is 11.7. The lowest BCUT2D eigenvalue weighted by Crippen LogP contribution is -2.29. The third kappa shape index (κ3) is 3.67. The molecule has 3 nitrogen and oxygen atoms in total. The number of hydrogen-bond donors (Lipinski definition) is 1. The van der Waals surface area contributed by atoms with Crippen LogP contribution in [0.5, 0.6) is 0 Å². The van der Waals surface area contributed by atoms with Crippen LogP contribution < -0.4 is 5.32 Å². The molecule has 0 bridgehead atoms. The van der Waals surface area contributed by atoms with Crippen LogP contribution in [0.25, 0.3) is 0 Å². The zero-order chi connectivity index (χ0) is 13.8. The van der Waals surface area contributed by atoms with Gasteiger partial charge in [0, 0.05) is 35.5 Å². The predicted octanol–water partition coefficient (Wildman–Crippen LogP) is 3.42. The average Bonchev–Trinajstić information content (AvgIpc) is 3.17. The molecule has 0 unspecified atom stereocenters. The first kappa shape index (κ1) is 14.2. The second-order valence-corrected chi connectivity index (χ2v) is 7.22. The highest BCUT2D eigenvalue weighted by molar-refractivity contribution is 7.10. The van der Waals surface area contributed by atoms with Crippen molar-refractivity contribution >= 4 is 22.7 Å². The summed E-state index contributed by atoms with van der Waals surface area (Å²) in [5, 5.41) is 9.19. The topological polar surface area (TPSA) is 34.1 Å². The normalized spacial score (nSPS) is 20.4. The summed E-state index contributed by atoms with van der Waals surface area (Å²) in [7, 11) is 0. The van der Waals surface area contributed by atoms with E-state index in [0.717, 1.165) is 31.9 Å². The summed E-state index contributed by atoms with van der Waals surface area (Å²) >= 11 is 3.58. The van der Waals surface area contributed by atoms with Gasteiger partial charge in [-0.05, 0) is 30.7 Å². The molecule has 0 aliphatic carbocycles. The minimum atomic E-state index is 0.327. The lowest BCUT2D eigenvalue weighted by atomic mass is 10.1. The van der Waals surface area contributed by atoms with Crippen molar-refractivity contribution in [2.75, 3.05) is 19.8 Å². The van der Waals surface area contributed by atoms with Gasteiger partial charge in [-0.2, -0.15) is 0 Å². The number of nitrogens with zero attached hydrogens (tertiary/aromatic N) is 1. The van der Waals surface area contributed by atoms with Gasteiger partial charge in [-0.1, -0.05) is 6.07 Å². The van der Waals surface area contributed by atoms with E-state index in [1.807, 2.05) is 11.3 Å². The molecular weight excluding hydrogens is 288 g/mol. The molecular formula is C15H20N2OS2. The molecule has 3 heterocycles. The van der Waals surface area contributed by atoms with Crippen LogP contribution in [0.3, 0.4) is 0 Å². The Hall–Kier alpha value is -0.750. The van der Waals surface area contributed by atoms with Gasteiger partial charge in [-0.15, -0.1) is 22.7 Å². The van der Waals surface area contributed by atoms with Crippen LogP contribution in [0.4, 0.5) is 0 Å². The Labute approximate surface area is 128 Å². The molecule has 0 radical (unpaired) electrons. The first-order valence-corrected chi connectivity index (χ1v) is 8.82. The summed E-state index contributed by atoms with van der Waals surface area (Å²) in [5.74, 6) is 0.655. The number of ether oxygens (including phenoxy) is 1. The number of aromatic nitrogens is 1. The summed E-state index contributed by atoms with van der Waals surface area (Å²) in [5.41, 5.74) is 1.12. The quantitative estimate of drug-likeness (QED) is 0.888. The molecule has 5 heteroatoms. The smallest absolute Gasteiger partial charge is 0.110 e. The van der Waals surface area contributed by atoms with Crippen molar-refractivity contribution in [2.24, 2.45) is 5.92 Å². The monoisotopic (exact) mass is 308 g/mol. The van der Waals surface area contributed by atoms with Gasteiger partial charge >= 0.3 is 0 Å². The molecule has 2 aromatic rings. The Morgan fingerprint density at radius 3 is 3.10 bits per heavy atom. The molecule has 1 saturated heterocycles. The molecule has 2 aromatic heterocycles. The Bertz CT molecular complexity index is 518. The maximum Gasteiger partial charge on any atom is 0.110 e. The molecule has 1 N–H and O–H groups in total. The van der Waals surface area contributed by atoms with Crippen molar-refractivity contribution < 1.29 is 4.74 Å². The van der Waals surface area contributed by atoms with Crippen LogP contribution in [-0.2, 0) is 11.2 Å². The Balaban J connectivity index is 1.65. The fraction of sp³-hybridized carbons (Fsp3) is 0.533. The summed E-state index contributed by atoms with van der Waals surface area (Å²) in [6.45, 7) is 4.90. The van der Waals surface area contributed by atoms with E-state index in [1.54, 1.807) is 11.3 Å².